The number of para-hydroxylation sites is 2. The fourth-order valence-electron chi connectivity index (χ4n) is 3.31. The van der Waals surface area contributed by atoms with Crippen molar-refractivity contribution < 1.29 is 0 Å². The zero-order chi connectivity index (χ0) is 18.1. The number of hydrogen-bond acceptors (Lipinski definition) is 3. The summed E-state index contributed by atoms with van der Waals surface area (Å²) in [5.74, 6) is 0.458. The molecule has 0 atom stereocenters. The van der Waals surface area contributed by atoms with Gasteiger partial charge in [0, 0.05) is 12.1 Å². The summed E-state index contributed by atoms with van der Waals surface area (Å²) in [6, 6.07) is 18.6. The van der Waals surface area contributed by atoms with Crippen LogP contribution in [-0.4, -0.2) is 14.1 Å². The number of nitrogens with zero attached hydrogens (tertiary/aromatic N) is 3. The van der Waals surface area contributed by atoms with Crippen LogP contribution < -0.4 is 11.2 Å². The first-order chi connectivity index (χ1) is 12.7. The van der Waals surface area contributed by atoms with Gasteiger partial charge in [-0.15, -0.1) is 0 Å². The molecule has 0 saturated carbocycles. The van der Waals surface area contributed by atoms with Crippen molar-refractivity contribution in [3.63, 3.8) is 0 Å². The van der Waals surface area contributed by atoms with E-state index in [1.165, 1.54) is 0 Å². The van der Waals surface area contributed by atoms with Gasteiger partial charge in [0.15, 0.2) is 5.82 Å². The highest BCUT2D eigenvalue weighted by Crippen LogP contribution is 2.24. The predicted octanol–water partition coefficient (Wildman–Crippen LogP) is 3.45. The molecule has 0 aromatic heterocycles. The standard InChI is InChI=1S/C21H19N3O2/c1-2-3-13-23-18-12-8-7-9-15(18)14-17-19(23)22-21(26)24(20(17)25)16-10-5-4-6-11-16/h4-12,14H,2-3,13H2,1H3. The van der Waals surface area contributed by atoms with Crippen LogP contribution in [-0.2, 0) is 6.54 Å². The summed E-state index contributed by atoms with van der Waals surface area (Å²) in [6.07, 6.45) is 1.97. The molecule has 2 aliphatic heterocycles. The van der Waals surface area contributed by atoms with Gasteiger partial charge in [0.05, 0.1) is 11.3 Å². The molecule has 4 rings (SSSR count). The second kappa shape index (κ2) is 6.59. The fourth-order valence-corrected chi connectivity index (χ4v) is 3.31. The first kappa shape index (κ1) is 16.3. The average molecular weight is 345 g/mol. The number of unbranched alkanes of at least 4 members (excludes halogenated alkanes) is 1. The number of benzene rings is 2. The Morgan fingerprint density at radius 1 is 0.962 bits per heavy atom. The van der Waals surface area contributed by atoms with Crippen LogP contribution >= 0.6 is 0 Å². The van der Waals surface area contributed by atoms with Gasteiger partial charge in [0.25, 0.3) is 5.56 Å². The molecule has 130 valence electrons. The number of fused-ring (bicyclic) bond motifs is 2. The molecule has 0 aliphatic carbocycles. The summed E-state index contributed by atoms with van der Waals surface area (Å²) >= 11 is 0. The van der Waals surface area contributed by atoms with E-state index in [1.54, 1.807) is 24.3 Å². The number of aromatic nitrogens is 3. The van der Waals surface area contributed by atoms with E-state index in [4.69, 9.17) is 0 Å². The lowest BCUT2D eigenvalue weighted by Gasteiger charge is -2.18. The third-order valence-corrected chi connectivity index (χ3v) is 4.60. The molecule has 0 radical (unpaired) electrons. The first-order valence-corrected chi connectivity index (χ1v) is 8.81. The van der Waals surface area contributed by atoms with Crippen molar-refractivity contribution in [1.82, 2.24) is 14.1 Å². The second-order valence-corrected chi connectivity index (χ2v) is 6.32. The molecule has 0 amide bonds. The van der Waals surface area contributed by atoms with Crippen LogP contribution in [0.5, 0.6) is 0 Å². The van der Waals surface area contributed by atoms with E-state index in [1.807, 2.05) is 41.0 Å². The lowest BCUT2D eigenvalue weighted by Crippen LogP contribution is -2.36. The molecule has 0 N–H and O–H groups in total. The molecule has 0 bridgehead atoms. The minimum atomic E-state index is -0.547. The van der Waals surface area contributed by atoms with Gasteiger partial charge in [-0.25, -0.2) is 9.36 Å². The van der Waals surface area contributed by atoms with Gasteiger partial charge in [0.1, 0.15) is 0 Å². The van der Waals surface area contributed by atoms with E-state index in [0.717, 1.165) is 34.9 Å². The molecular formula is C21H19N3O2. The maximum Gasteiger partial charge on any atom is 0.357 e. The molecule has 26 heavy (non-hydrogen) atoms. The van der Waals surface area contributed by atoms with Crippen LogP contribution in [0, 0.1) is 0 Å². The van der Waals surface area contributed by atoms with Gasteiger partial charge in [-0.05, 0) is 36.1 Å². The Hall–Kier alpha value is -3.21. The maximum absolute atomic E-state index is 13.1. The molecular weight excluding hydrogens is 326 g/mol. The topological polar surface area (TPSA) is 56.9 Å². The van der Waals surface area contributed by atoms with Crippen molar-refractivity contribution in [2.45, 2.75) is 26.3 Å². The average Bonchev–Trinajstić information content (AvgIpc) is 2.67. The van der Waals surface area contributed by atoms with Crippen molar-refractivity contribution >= 4 is 10.9 Å². The summed E-state index contributed by atoms with van der Waals surface area (Å²) in [5.41, 5.74) is 1.10. The Balaban J connectivity index is 2.10. The zero-order valence-electron chi connectivity index (χ0n) is 14.6. The quantitative estimate of drug-likeness (QED) is 0.532. The molecule has 2 aromatic rings. The summed E-state index contributed by atoms with van der Waals surface area (Å²) < 4.78 is 3.13. The van der Waals surface area contributed by atoms with Gasteiger partial charge in [0.2, 0.25) is 0 Å². The smallest absolute Gasteiger partial charge is 0.325 e. The number of rotatable bonds is 4. The first-order valence-electron chi connectivity index (χ1n) is 8.81. The Morgan fingerprint density at radius 3 is 2.46 bits per heavy atom. The van der Waals surface area contributed by atoms with Gasteiger partial charge in [-0.1, -0.05) is 49.7 Å². The van der Waals surface area contributed by atoms with Crippen LogP contribution in [0.2, 0.25) is 0 Å². The van der Waals surface area contributed by atoms with Crippen molar-refractivity contribution in [2.75, 3.05) is 0 Å². The highest BCUT2D eigenvalue weighted by Gasteiger charge is 2.20. The third kappa shape index (κ3) is 2.62. The van der Waals surface area contributed by atoms with E-state index in [0.29, 0.717) is 17.1 Å². The molecule has 2 aromatic carbocycles. The molecule has 0 unspecified atom stereocenters. The molecule has 0 spiro atoms. The molecule has 5 heteroatoms. The summed E-state index contributed by atoms with van der Waals surface area (Å²) in [6.45, 7) is 2.83. The molecule has 2 aliphatic rings. The Kier molecular flexibility index (Phi) is 4.13. The minimum absolute atomic E-state index is 0.331. The Morgan fingerprint density at radius 2 is 1.69 bits per heavy atom. The summed E-state index contributed by atoms with van der Waals surface area (Å²) in [7, 11) is 0. The largest absolute Gasteiger partial charge is 0.357 e. The summed E-state index contributed by atoms with van der Waals surface area (Å²) in [5, 5.41) is 0.966. The zero-order valence-corrected chi connectivity index (χ0v) is 14.6. The van der Waals surface area contributed by atoms with Gasteiger partial charge >= 0.3 is 5.69 Å². The van der Waals surface area contributed by atoms with Gasteiger partial charge in [-0.2, -0.15) is 4.98 Å². The van der Waals surface area contributed by atoms with Crippen LogP contribution in [0.15, 0.2) is 70.3 Å². The second-order valence-electron chi connectivity index (χ2n) is 6.32. The molecule has 0 saturated heterocycles. The van der Waals surface area contributed by atoms with E-state index < -0.39 is 5.69 Å². The number of aryl methyl sites for hydroxylation is 1. The van der Waals surface area contributed by atoms with E-state index in [9.17, 15) is 9.59 Å². The van der Waals surface area contributed by atoms with Crippen LogP contribution in [0.1, 0.15) is 19.8 Å². The lowest BCUT2D eigenvalue weighted by molar-refractivity contribution is 0.639. The van der Waals surface area contributed by atoms with Crippen LogP contribution in [0.25, 0.3) is 28.0 Å². The number of hydrogen-bond donors (Lipinski definition) is 0. The van der Waals surface area contributed by atoms with Crippen LogP contribution in [0.3, 0.4) is 0 Å². The Labute approximate surface area is 150 Å². The predicted molar refractivity (Wildman–Crippen MR) is 103 cm³/mol. The fraction of sp³-hybridized carbons (Fsp3) is 0.190. The van der Waals surface area contributed by atoms with Crippen molar-refractivity contribution in [3.8, 4) is 17.1 Å². The highest BCUT2D eigenvalue weighted by atomic mass is 16.2. The van der Waals surface area contributed by atoms with Crippen molar-refractivity contribution in [1.29, 1.82) is 0 Å². The lowest BCUT2D eigenvalue weighted by atomic mass is 10.1. The summed E-state index contributed by atoms with van der Waals surface area (Å²) in [4.78, 5) is 30.1. The van der Waals surface area contributed by atoms with Gasteiger partial charge < -0.3 is 4.57 Å². The molecule has 0 fully saturated rings. The van der Waals surface area contributed by atoms with E-state index in [2.05, 4.69) is 11.9 Å². The van der Waals surface area contributed by atoms with Crippen LogP contribution in [0.4, 0.5) is 0 Å². The minimum Gasteiger partial charge on any atom is -0.325 e. The van der Waals surface area contributed by atoms with Crippen molar-refractivity contribution in [2.24, 2.45) is 0 Å². The molecule has 2 heterocycles. The monoisotopic (exact) mass is 345 g/mol. The highest BCUT2D eigenvalue weighted by molar-refractivity contribution is 5.85. The normalized spacial score (nSPS) is 11.3. The van der Waals surface area contributed by atoms with E-state index >= 15 is 0 Å². The Bertz CT molecular complexity index is 1160. The maximum atomic E-state index is 13.1. The van der Waals surface area contributed by atoms with Gasteiger partial charge in [-0.3, -0.25) is 4.79 Å². The van der Waals surface area contributed by atoms with E-state index in [-0.39, 0.29) is 5.56 Å². The SMILES string of the molecule is CCCCn1c2nc(=O)n(-c3ccccc3)c(=O)c-2cc2ccccc21. The van der Waals surface area contributed by atoms with Crippen molar-refractivity contribution in [3.05, 3.63) is 81.5 Å². The molecule has 5 nitrogen and oxygen atoms in total. The third-order valence-electron chi connectivity index (χ3n) is 4.60. The number of pyridine rings is 1.